The molecule has 8 heteroatoms. The molecule has 0 aromatic heterocycles. The number of likely N-dealkylation sites (tertiary alicyclic amines) is 1. The standard InChI is InChI=1S/C7H5ClF3NO3/c8-5(14)3-1-2-4(13)12(3)6(15)7(9,10)11/h3H,1-2H2. The lowest BCUT2D eigenvalue weighted by Crippen LogP contribution is -2.48. The van der Waals surface area contributed by atoms with Gasteiger partial charge in [-0.3, -0.25) is 19.3 Å². The summed E-state index contributed by atoms with van der Waals surface area (Å²) in [5.41, 5.74) is 0. The van der Waals surface area contributed by atoms with Crippen molar-refractivity contribution in [2.24, 2.45) is 0 Å². The molecule has 4 nitrogen and oxygen atoms in total. The third kappa shape index (κ3) is 2.28. The van der Waals surface area contributed by atoms with Gasteiger partial charge in [0.25, 0.3) is 0 Å². The molecule has 0 saturated carbocycles. The highest BCUT2D eigenvalue weighted by Crippen LogP contribution is 2.27. The van der Waals surface area contributed by atoms with Crippen LogP contribution in [0.5, 0.6) is 0 Å². The average molecular weight is 244 g/mol. The van der Waals surface area contributed by atoms with E-state index < -0.39 is 29.3 Å². The van der Waals surface area contributed by atoms with Crippen molar-refractivity contribution in [3.8, 4) is 0 Å². The number of amides is 2. The zero-order chi connectivity index (χ0) is 11.8. The molecule has 0 aliphatic carbocycles. The van der Waals surface area contributed by atoms with Gasteiger partial charge in [0.1, 0.15) is 6.04 Å². The Morgan fingerprint density at radius 1 is 1.40 bits per heavy atom. The van der Waals surface area contributed by atoms with Crippen molar-refractivity contribution in [1.82, 2.24) is 4.90 Å². The van der Waals surface area contributed by atoms with Gasteiger partial charge >= 0.3 is 12.1 Å². The third-order valence-electron chi connectivity index (χ3n) is 1.94. The molecule has 1 unspecified atom stereocenters. The van der Waals surface area contributed by atoms with Crippen molar-refractivity contribution in [3.63, 3.8) is 0 Å². The Labute approximate surface area is 87.0 Å². The van der Waals surface area contributed by atoms with E-state index in [1.54, 1.807) is 0 Å². The molecule has 1 saturated heterocycles. The van der Waals surface area contributed by atoms with Gasteiger partial charge in [-0.25, -0.2) is 0 Å². The lowest BCUT2D eigenvalue weighted by Gasteiger charge is -2.20. The van der Waals surface area contributed by atoms with Crippen LogP contribution in [0.25, 0.3) is 0 Å². The number of nitrogens with zero attached hydrogens (tertiary/aromatic N) is 1. The van der Waals surface area contributed by atoms with Crippen LogP contribution in [0.2, 0.25) is 0 Å². The maximum Gasteiger partial charge on any atom is 0.471 e. The molecular formula is C7H5ClF3NO3. The molecular weight excluding hydrogens is 239 g/mol. The molecule has 1 aliphatic heterocycles. The van der Waals surface area contributed by atoms with Crippen molar-refractivity contribution in [3.05, 3.63) is 0 Å². The summed E-state index contributed by atoms with van der Waals surface area (Å²) in [5.74, 6) is -3.37. The molecule has 0 radical (unpaired) electrons. The van der Waals surface area contributed by atoms with E-state index in [4.69, 9.17) is 11.6 Å². The molecule has 2 amide bonds. The van der Waals surface area contributed by atoms with Crippen LogP contribution < -0.4 is 0 Å². The summed E-state index contributed by atoms with van der Waals surface area (Å²) >= 11 is 4.99. The minimum atomic E-state index is -5.18. The van der Waals surface area contributed by atoms with Gasteiger partial charge in [0.15, 0.2) is 0 Å². The topological polar surface area (TPSA) is 54.5 Å². The van der Waals surface area contributed by atoms with Gasteiger partial charge in [-0.05, 0) is 18.0 Å². The van der Waals surface area contributed by atoms with Crippen molar-refractivity contribution < 1.29 is 27.6 Å². The van der Waals surface area contributed by atoms with Gasteiger partial charge < -0.3 is 0 Å². The van der Waals surface area contributed by atoms with Crippen LogP contribution in [0.4, 0.5) is 13.2 Å². The number of imide groups is 1. The summed E-state index contributed by atoms with van der Waals surface area (Å²) < 4.78 is 36.0. The smallest absolute Gasteiger partial charge is 0.279 e. The van der Waals surface area contributed by atoms with E-state index in [1.165, 1.54) is 0 Å². The van der Waals surface area contributed by atoms with Crippen molar-refractivity contribution in [1.29, 1.82) is 0 Å². The Bertz CT molecular complexity index is 328. The molecule has 1 aliphatic rings. The number of hydrogen-bond acceptors (Lipinski definition) is 3. The second kappa shape index (κ2) is 3.80. The molecule has 0 bridgehead atoms. The lowest BCUT2D eigenvalue weighted by atomic mass is 10.2. The summed E-state index contributed by atoms with van der Waals surface area (Å²) in [6.45, 7) is 0. The fourth-order valence-corrected chi connectivity index (χ4v) is 1.50. The van der Waals surface area contributed by atoms with Gasteiger partial charge in [0.2, 0.25) is 11.1 Å². The Morgan fingerprint density at radius 3 is 2.33 bits per heavy atom. The van der Waals surface area contributed by atoms with Gasteiger partial charge in [0, 0.05) is 6.42 Å². The van der Waals surface area contributed by atoms with Crippen LogP contribution >= 0.6 is 11.6 Å². The number of carbonyl (C=O) groups is 3. The quantitative estimate of drug-likeness (QED) is 0.641. The molecule has 15 heavy (non-hydrogen) atoms. The number of halogens is 4. The zero-order valence-electron chi connectivity index (χ0n) is 7.18. The van der Waals surface area contributed by atoms with Gasteiger partial charge in [-0.15, -0.1) is 0 Å². The third-order valence-corrected chi connectivity index (χ3v) is 2.19. The van der Waals surface area contributed by atoms with Crippen LogP contribution in [0.15, 0.2) is 0 Å². The first-order valence-corrected chi connectivity index (χ1v) is 4.25. The second-order valence-electron chi connectivity index (χ2n) is 2.93. The summed E-state index contributed by atoms with van der Waals surface area (Å²) in [7, 11) is 0. The van der Waals surface area contributed by atoms with E-state index in [-0.39, 0.29) is 17.7 Å². The van der Waals surface area contributed by atoms with Crippen molar-refractivity contribution in [2.75, 3.05) is 0 Å². The first kappa shape index (κ1) is 12.0. The maximum absolute atomic E-state index is 12.0. The molecule has 0 aromatic rings. The normalized spacial score (nSPS) is 22.0. The molecule has 0 aromatic carbocycles. The Balaban J connectivity index is 2.95. The van der Waals surface area contributed by atoms with Gasteiger partial charge in [0.05, 0.1) is 0 Å². The molecule has 0 spiro atoms. The van der Waals surface area contributed by atoms with E-state index in [0.29, 0.717) is 0 Å². The predicted molar refractivity (Wildman–Crippen MR) is 41.8 cm³/mol. The number of rotatable bonds is 1. The first-order chi connectivity index (χ1) is 6.75. The largest absolute Gasteiger partial charge is 0.471 e. The minimum Gasteiger partial charge on any atom is -0.279 e. The number of carbonyl (C=O) groups excluding carboxylic acids is 3. The summed E-state index contributed by atoms with van der Waals surface area (Å²) in [6.07, 6.45) is -5.63. The Morgan fingerprint density at radius 2 is 1.93 bits per heavy atom. The summed E-state index contributed by atoms with van der Waals surface area (Å²) in [4.78, 5) is 32.3. The van der Waals surface area contributed by atoms with Crippen LogP contribution in [0.1, 0.15) is 12.8 Å². The summed E-state index contributed by atoms with van der Waals surface area (Å²) in [5, 5.41) is -1.14. The SMILES string of the molecule is O=C(Cl)C1CCC(=O)N1C(=O)C(F)(F)F. The first-order valence-electron chi connectivity index (χ1n) is 3.87. The van der Waals surface area contributed by atoms with Crippen LogP contribution in [-0.2, 0) is 14.4 Å². The second-order valence-corrected chi connectivity index (χ2v) is 3.30. The van der Waals surface area contributed by atoms with E-state index in [2.05, 4.69) is 0 Å². The highest BCUT2D eigenvalue weighted by molar-refractivity contribution is 6.65. The molecule has 0 N–H and O–H groups in total. The molecule has 1 atom stereocenters. The number of hydrogen-bond donors (Lipinski definition) is 0. The molecule has 1 fully saturated rings. The monoisotopic (exact) mass is 243 g/mol. The van der Waals surface area contributed by atoms with E-state index in [0.717, 1.165) is 0 Å². The zero-order valence-corrected chi connectivity index (χ0v) is 7.93. The molecule has 1 heterocycles. The fourth-order valence-electron chi connectivity index (χ4n) is 1.29. The van der Waals surface area contributed by atoms with Crippen molar-refractivity contribution in [2.45, 2.75) is 25.1 Å². The average Bonchev–Trinajstić information content (AvgIpc) is 2.44. The van der Waals surface area contributed by atoms with E-state index >= 15 is 0 Å². The van der Waals surface area contributed by atoms with Gasteiger partial charge in [-0.1, -0.05) is 0 Å². The van der Waals surface area contributed by atoms with E-state index in [9.17, 15) is 27.6 Å². The Kier molecular flexibility index (Phi) is 3.03. The van der Waals surface area contributed by atoms with Gasteiger partial charge in [-0.2, -0.15) is 13.2 Å². The highest BCUT2D eigenvalue weighted by Gasteiger charge is 2.50. The number of alkyl halides is 3. The predicted octanol–water partition coefficient (Wildman–Crippen LogP) is 0.832. The minimum absolute atomic E-state index is 0.116. The lowest BCUT2D eigenvalue weighted by molar-refractivity contribution is -0.188. The Hall–Kier alpha value is -1.11. The highest BCUT2D eigenvalue weighted by atomic mass is 35.5. The fraction of sp³-hybridized carbons (Fsp3) is 0.571. The summed E-state index contributed by atoms with van der Waals surface area (Å²) in [6, 6.07) is -1.49. The molecule has 1 rings (SSSR count). The maximum atomic E-state index is 12.0. The van der Waals surface area contributed by atoms with Crippen LogP contribution in [0, 0.1) is 0 Å². The van der Waals surface area contributed by atoms with Crippen molar-refractivity contribution >= 4 is 28.7 Å². The molecule has 84 valence electrons. The van der Waals surface area contributed by atoms with Crippen LogP contribution in [-0.4, -0.2) is 34.2 Å². The van der Waals surface area contributed by atoms with E-state index in [1.807, 2.05) is 0 Å². The van der Waals surface area contributed by atoms with Crippen LogP contribution in [0.3, 0.4) is 0 Å².